The van der Waals surface area contributed by atoms with Crippen LogP contribution in [0.5, 0.6) is 0 Å². The molecule has 1 fully saturated rings. The fourth-order valence-electron chi connectivity index (χ4n) is 3.55. The molecule has 1 aliphatic rings. The molecule has 0 radical (unpaired) electrons. The van der Waals surface area contributed by atoms with E-state index < -0.39 is 5.91 Å². The van der Waals surface area contributed by atoms with Crippen LogP contribution in [0.25, 0.3) is 10.9 Å². The number of para-hydroxylation sites is 1. The van der Waals surface area contributed by atoms with Gasteiger partial charge in [-0.2, -0.15) is 0 Å². The standard InChI is InChI=1S/C21H18Cl2N4O2/c1-11-9-24-18-13(19(11)27-10-12(2)25-21(27)29)5-3-8-16(18)26-20(28)17-14(22)6-4-7-15(17)23/h3-9,12H,10H2,1-2H3,(H,25,29)(H,26,28)/t12-/m1/s1. The Morgan fingerprint density at radius 1 is 1.21 bits per heavy atom. The topological polar surface area (TPSA) is 74.3 Å². The van der Waals surface area contributed by atoms with Gasteiger partial charge in [-0.05, 0) is 37.6 Å². The van der Waals surface area contributed by atoms with Gasteiger partial charge in [0, 0.05) is 24.2 Å². The number of benzene rings is 2. The number of anilines is 2. The smallest absolute Gasteiger partial charge is 0.322 e. The Bertz CT molecular complexity index is 1130. The second-order valence-electron chi connectivity index (χ2n) is 7.00. The Morgan fingerprint density at radius 2 is 1.90 bits per heavy atom. The van der Waals surface area contributed by atoms with Crippen LogP contribution in [0.3, 0.4) is 0 Å². The first-order valence-corrected chi connectivity index (χ1v) is 9.84. The molecule has 0 bridgehead atoms. The number of rotatable bonds is 3. The number of hydrogen-bond donors (Lipinski definition) is 2. The van der Waals surface area contributed by atoms with E-state index in [1.807, 2.05) is 26.0 Å². The number of nitrogens with one attached hydrogen (secondary N) is 2. The van der Waals surface area contributed by atoms with E-state index in [0.29, 0.717) is 17.7 Å². The van der Waals surface area contributed by atoms with Crippen LogP contribution in [0.1, 0.15) is 22.8 Å². The SMILES string of the molecule is Cc1cnc2c(NC(=O)c3c(Cl)cccc3Cl)cccc2c1N1C[C@@H](C)NC1=O. The average Bonchev–Trinajstić information content (AvgIpc) is 2.99. The third kappa shape index (κ3) is 3.50. The highest BCUT2D eigenvalue weighted by Gasteiger charge is 2.29. The molecule has 1 aromatic heterocycles. The Morgan fingerprint density at radius 3 is 2.55 bits per heavy atom. The van der Waals surface area contributed by atoms with E-state index in [1.54, 1.807) is 35.4 Å². The third-order valence-electron chi connectivity index (χ3n) is 4.83. The summed E-state index contributed by atoms with van der Waals surface area (Å²) in [5.41, 5.74) is 2.95. The minimum Gasteiger partial charge on any atom is -0.333 e. The number of pyridine rings is 1. The van der Waals surface area contributed by atoms with Crippen LogP contribution >= 0.6 is 23.2 Å². The van der Waals surface area contributed by atoms with Crippen LogP contribution in [0.4, 0.5) is 16.2 Å². The molecule has 0 saturated carbocycles. The van der Waals surface area contributed by atoms with E-state index >= 15 is 0 Å². The summed E-state index contributed by atoms with van der Waals surface area (Å²) >= 11 is 12.3. The first-order chi connectivity index (χ1) is 13.9. The van der Waals surface area contributed by atoms with Gasteiger partial charge >= 0.3 is 6.03 Å². The summed E-state index contributed by atoms with van der Waals surface area (Å²) in [6, 6.07) is 10.3. The van der Waals surface area contributed by atoms with Crippen molar-refractivity contribution in [1.29, 1.82) is 0 Å². The average molecular weight is 429 g/mol. The van der Waals surface area contributed by atoms with Gasteiger partial charge in [0.25, 0.3) is 5.91 Å². The number of aromatic nitrogens is 1. The van der Waals surface area contributed by atoms with Gasteiger partial charge in [-0.3, -0.25) is 14.7 Å². The fourth-order valence-corrected chi connectivity index (χ4v) is 4.12. The lowest BCUT2D eigenvalue weighted by atomic mass is 10.1. The number of fused-ring (bicyclic) bond motifs is 1. The second kappa shape index (κ2) is 7.54. The van der Waals surface area contributed by atoms with E-state index in [4.69, 9.17) is 23.2 Å². The van der Waals surface area contributed by atoms with Crippen LogP contribution < -0.4 is 15.5 Å². The lowest BCUT2D eigenvalue weighted by molar-refractivity contribution is 0.102. The lowest BCUT2D eigenvalue weighted by Crippen LogP contribution is -2.29. The van der Waals surface area contributed by atoms with Crippen molar-refractivity contribution in [3.05, 3.63) is 63.8 Å². The van der Waals surface area contributed by atoms with Gasteiger partial charge in [-0.25, -0.2) is 4.79 Å². The summed E-state index contributed by atoms with van der Waals surface area (Å²) in [7, 11) is 0. The Kier molecular flexibility index (Phi) is 5.06. The number of nitrogens with zero attached hydrogens (tertiary/aromatic N) is 2. The molecular formula is C21H18Cl2N4O2. The molecule has 148 valence electrons. The molecule has 2 aromatic carbocycles. The normalized spacial score (nSPS) is 16.2. The van der Waals surface area contributed by atoms with Crippen molar-refractivity contribution in [2.75, 3.05) is 16.8 Å². The van der Waals surface area contributed by atoms with E-state index in [1.165, 1.54) is 0 Å². The Labute approximate surface area is 177 Å². The molecule has 0 spiro atoms. The zero-order chi connectivity index (χ0) is 20.7. The highest BCUT2D eigenvalue weighted by atomic mass is 35.5. The van der Waals surface area contributed by atoms with E-state index in [2.05, 4.69) is 15.6 Å². The van der Waals surface area contributed by atoms with Crippen molar-refractivity contribution in [1.82, 2.24) is 10.3 Å². The van der Waals surface area contributed by atoms with Crippen molar-refractivity contribution < 1.29 is 9.59 Å². The van der Waals surface area contributed by atoms with Gasteiger partial charge in [0.2, 0.25) is 0 Å². The first-order valence-electron chi connectivity index (χ1n) is 9.08. The molecule has 6 nitrogen and oxygen atoms in total. The van der Waals surface area contributed by atoms with Crippen molar-refractivity contribution in [3.63, 3.8) is 0 Å². The molecule has 3 amide bonds. The summed E-state index contributed by atoms with van der Waals surface area (Å²) in [6.45, 7) is 4.42. The minimum atomic E-state index is -0.426. The van der Waals surface area contributed by atoms with Crippen LogP contribution in [0.2, 0.25) is 10.0 Å². The summed E-state index contributed by atoms with van der Waals surface area (Å²) in [4.78, 5) is 31.4. The molecular weight excluding hydrogens is 411 g/mol. The quantitative estimate of drug-likeness (QED) is 0.614. The molecule has 4 rings (SSSR count). The number of carbonyl (C=O) groups excluding carboxylic acids is 2. The maximum Gasteiger partial charge on any atom is 0.322 e. The maximum atomic E-state index is 12.8. The van der Waals surface area contributed by atoms with Crippen molar-refractivity contribution in [2.45, 2.75) is 19.9 Å². The van der Waals surface area contributed by atoms with Gasteiger partial charge in [-0.15, -0.1) is 0 Å². The Balaban J connectivity index is 1.78. The number of hydrogen-bond acceptors (Lipinski definition) is 3. The van der Waals surface area contributed by atoms with E-state index in [9.17, 15) is 9.59 Å². The molecule has 2 N–H and O–H groups in total. The van der Waals surface area contributed by atoms with Crippen molar-refractivity contribution >= 4 is 57.4 Å². The predicted octanol–water partition coefficient (Wildman–Crippen LogP) is 5.02. The largest absolute Gasteiger partial charge is 0.333 e. The van der Waals surface area contributed by atoms with Crippen molar-refractivity contribution in [3.8, 4) is 0 Å². The van der Waals surface area contributed by atoms with Crippen LogP contribution in [0, 0.1) is 6.92 Å². The van der Waals surface area contributed by atoms with Gasteiger partial charge in [0.15, 0.2) is 0 Å². The molecule has 2 heterocycles. The summed E-state index contributed by atoms with van der Waals surface area (Å²) < 4.78 is 0. The molecule has 0 unspecified atom stereocenters. The van der Waals surface area contributed by atoms with Crippen molar-refractivity contribution in [2.24, 2.45) is 0 Å². The lowest BCUT2D eigenvalue weighted by Gasteiger charge is -2.20. The van der Waals surface area contributed by atoms with Gasteiger partial charge in [0.1, 0.15) is 0 Å². The number of amides is 3. The highest BCUT2D eigenvalue weighted by Crippen LogP contribution is 2.34. The summed E-state index contributed by atoms with van der Waals surface area (Å²) in [5.74, 6) is -0.426. The highest BCUT2D eigenvalue weighted by molar-refractivity contribution is 6.40. The number of halogens is 2. The predicted molar refractivity (Wildman–Crippen MR) is 116 cm³/mol. The Hall–Kier alpha value is -2.83. The third-order valence-corrected chi connectivity index (χ3v) is 5.46. The van der Waals surface area contributed by atoms with Crippen LogP contribution in [-0.2, 0) is 0 Å². The fraction of sp³-hybridized carbons (Fsp3) is 0.190. The molecule has 1 atom stereocenters. The molecule has 0 aliphatic carbocycles. The van der Waals surface area contributed by atoms with Crippen LogP contribution in [0.15, 0.2) is 42.6 Å². The zero-order valence-corrected chi connectivity index (χ0v) is 17.3. The maximum absolute atomic E-state index is 12.8. The number of carbonyl (C=O) groups is 2. The number of urea groups is 1. The second-order valence-corrected chi connectivity index (χ2v) is 7.82. The molecule has 29 heavy (non-hydrogen) atoms. The first kappa shape index (κ1) is 19.5. The van der Waals surface area contributed by atoms with Crippen LogP contribution in [-0.4, -0.2) is 29.5 Å². The number of aryl methyl sites for hydroxylation is 1. The molecule has 1 aliphatic heterocycles. The van der Waals surface area contributed by atoms with E-state index in [0.717, 1.165) is 16.6 Å². The summed E-state index contributed by atoms with van der Waals surface area (Å²) in [5, 5.41) is 7.06. The summed E-state index contributed by atoms with van der Waals surface area (Å²) in [6.07, 6.45) is 1.70. The molecule has 3 aromatic rings. The van der Waals surface area contributed by atoms with Gasteiger partial charge in [-0.1, -0.05) is 41.4 Å². The van der Waals surface area contributed by atoms with E-state index in [-0.39, 0.29) is 27.7 Å². The zero-order valence-electron chi connectivity index (χ0n) is 15.8. The molecule has 8 heteroatoms. The minimum absolute atomic E-state index is 0.0513. The van der Waals surface area contributed by atoms with Gasteiger partial charge in [0.05, 0.1) is 32.5 Å². The molecule has 1 saturated heterocycles. The van der Waals surface area contributed by atoms with Gasteiger partial charge < -0.3 is 10.6 Å². The monoisotopic (exact) mass is 428 g/mol.